The van der Waals surface area contributed by atoms with Gasteiger partial charge in [0.15, 0.2) is 5.96 Å². The van der Waals surface area contributed by atoms with Crippen LogP contribution in [0, 0.1) is 0 Å². The second-order valence-electron chi connectivity index (χ2n) is 7.99. The molecule has 3 rings (SSSR count). The van der Waals surface area contributed by atoms with Gasteiger partial charge in [-0.25, -0.2) is 9.98 Å². The van der Waals surface area contributed by atoms with E-state index in [4.69, 9.17) is 18.6 Å². The van der Waals surface area contributed by atoms with Crippen molar-refractivity contribution in [2.45, 2.75) is 45.7 Å². The maximum atomic E-state index is 5.86. The van der Waals surface area contributed by atoms with Gasteiger partial charge in [0, 0.05) is 18.4 Å². The fourth-order valence-electron chi connectivity index (χ4n) is 2.73. The number of furan rings is 1. The summed E-state index contributed by atoms with van der Waals surface area (Å²) >= 11 is 0. The first-order chi connectivity index (χ1) is 14.4. The molecule has 0 unspecified atom stereocenters. The first-order valence-corrected chi connectivity index (χ1v) is 10.1. The first-order valence-electron chi connectivity index (χ1n) is 10.1. The van der Waals surface area contributed by atoms with Crippen molar-refractivity contribution < 1.29 is 13.6 Å². The number of oxazole rings is 1. The summed E-state index contributed by atoms with van der Waals surface area (Å²) in [6, 6.07) is 11.7. The zero-order valence-electron chi connectivity index (χ0n) is 18.1. The highest BCUT2D eigenvalue weighted by Gasteiger charge is 2.19. The van der Waals surface area contributed by atoms with Gasteiger partial charge in [0.2, 0.25) is 5.89 Å². The number of methoxy groups -OCH3 is 1. The summed E-state index contributed by atoms with van der Waals surface area (Å²) in [5.74, 6) is 3.94. The average molecular weight is 411 g/mol. The highest BCUT2D eigenvalue weighted by molar-refractivity contribution is 5.79. The number of nitrogens with one attached hydrogen (secondary N) is 2. The normalized spacial score (nSPS) is 12.1. The second-order valence-corrected chi connectivity index (χ2v) is 7.99. The molecule has 0 spiro atoms. The van der Waals surface area contributed by atoms with Crippen LogP contribution >= 0.6 is 0 Å². The number of nitrogens with zero attached hydrogens (tertiary/aromatic N) is 2. The van der Waals surface area contributed by atoms with E-state index in [9.17, 15) is 0 Å². The van der Waals surface area contributed by atoms with Gasteiger partial charge in [-0.05, 0) is 29.8 Å². The highest BCUT2D eigenvalue weighted by Crippen LogP contribution is 2.22. The topological polar surface area (TPSA) is 84.8 Å². The minimum Gasteiger partial charge on any atom is -0.497 e. The van der Waals surface area contributed by atoms with Crippen LogP contribution in [0.1, 0.15) is 43.7 Å². The molecule has 0 aliphatic carbocycles. The lowest BCUT2D eigenvalue weighted by molar-refractivity contribution is 0.379. The molecule has 3 aromatic rings. The highest BCUT2D eigenvalue weighted by atomic mass is 16.5. The molecule has 0 saturated carbocycles. The predicted molar refractivity (Wildman–Crippen MR) is 117 cm³/mol. The molecule has 0 bridgehead atoms. The van der Waals surface area contributed by atoms with Gasteiger partial charge >= 0.3 is 0 Å². The van der Waals surface area contributed by atoms with Crippen LogP contribution in [0.25, 0.3) is 0 Å². The van der Waals surface area contributed by atoms with Crippen molar-refractivity contribution >= 4 is 5.96 Å². The van der Waals surface area contributed by atoms with Crippen LogP contribution in [0.3, 0.4) is 0 Å². The van der Waals surface area contributed by atoms with Gasteiger partial charge < -0.3 is 24.2 Å². The molecule has 2 heterocycles. The van der Waals surface area contributed by atoms with Crippen molar-refractivity contribution in [3.8, 4) is 5.75 Å². The van der Waals surface area contributed by atoms with Gasteiger partial charge in [-0.15, -0.1) is 0 Å². The van der Waals surface area contributed by atoms with Crippen LogP contribution in [0.15, 0.2) is 62.7 Å². The second kappa shape index (κ2) is 10.0. The van der Waals surface area contributed by atoms with E-state index in [0.717, 1.165) is 29.3 Å². The van der Waals surface area contributed by atoms with E-state index in [2.05, 4.69) is 36.4 Å². The van der Waals surface area contributed by atoms with Gasteiger partial charge in [0.25, 0.3) is 0 Å². The number of guanidine groups is 1. The van der Waals surface area contributed by atoms with Crippen LogP contribution in [-0.4, -0.2) is 24.6 Å². The van der Waals surface area contributed by atoms with E-state index < -0.39 is 0 Å². The predicted octanol–water partition coefficient (Wildman–Crippen LogP) is 4.05. The van der Waals surface area contributed by atoms with Crippen LogP contribution < -0.4 is 15.4 Å². The SMILES string of the molecule is COc1ccc(CN=C(NCCc2ccco2)NCc2ncc(C(C)(C)C)o2)cc1. The Bertz CT molecular complexity index is 922. The minimum absolute atomic E-state index is 0.0716. The quantitative estimate of drug-likeness (QED) is 0.430. The Morgan fingerprint density at radius 2 is 1.93 bits per heavy atom. The Labute approximate surface area is 177 Å². The molecule has 0 fully saturated rings. The Hall–Kier alpha value is -3.22. The number of aliphatic imine (C=N–C) groups is 1. The van der Waals surface area contributed by atoms with E-state index in [1.807, 2.05) is 36.4 Å². The van der Waals surface area contributed by atoms with E-state index in [0.29, 0.717) is 31.5 Å². The van der Waals surface area contributed by atoms with Gasteiger partial charge in [-0.1, -0.05) is 32.9 Å². The smallest absolute Gasteiger partial charge is 0.213 e. The number of ether oxygens (including phenoxy) is 1. The van der Waals surface area contributed by atoms with Gasteiger partial charge in [-0.2, -0.15) is 0 Å². The zero-order valence-corrected chi connectivity index (χ0v) is 18.1. The van der Waals surface area contributed by atoms with E-state index in [1.165, 1.54) is 0 Å². The van der Waals surface area contributed by atoms with Gasteiger partial charge in [0.1, 0.15) is 17.3 Å². The number of aromatic nitrogens is 1. The molecule has 2 aromatic heterocycles. The van der Waals surface area contributed by atoms with Crippen LogP contribution in [0.5, 0.6) is 5.75 Å². The Morgan fingerprint density at radius 3 is 2.57 bits per heavy atom. The maximum Gasteiger partial charge on any atom is 0.213 e. The number of benzene rings is 1. The lowest BCUT2D eigenvalue weighted by Gasteiger charge is -2.13. The van der Waals surface area contributed by atoms with Crippen molar-refractivity contribution in [2.75, 3.05) is 13.7 Å². The third-order valence-corrected chi connectivity index (χ3v) is 4.52. The molecule has 7 heteroatoms. The van der Waals surface area contributed by atoms with Crippen LogP contribution in [-0.2, 0) is 24.9 Å². The molecule has 2 N–H and O–H groups in total. The number of hydrogen-bond acceptors (Lipinski definition) is 5. The summed E-state index contributed by atoms with van der Waals surface area (Å²) in [6.07, 6.45) is 4.24. The van der Waals surface area contributed by atoms with Crippen LogP contribution in [0.2, 0.25) is 0 Å². The zero-order chi connectivity index (χ0) is 21.4. The maximum absolute atomic E-state index is 5.86. The van der Waals surface area contributed by atoms with Crippen molar-refractivity contribution in [1.82, 2.24) is 15.6 Å². The lowest BCUT2D eigenvalue weighted by atomic mass is 9.94. The largest absolute Gasteiger partial charge is 0.497 e. The molecule has 0 radical (unpaired) electrons. The fourth-order valence-corrected chi connectivity index (χ4v) is 2.73. The molecular weight excluding hydrogens is 380 g/mol. The first kappa shape index (κ1) is 21.5. The van der Waals surface area contributed by atoms with Gasteiger partial charge in [0.05, 0.1) is 32.7 Å². The Balaban J connectivity index is 1.62. The van der Waals surface area contributed by atoms with E-state index >= 15 is 0 Å². The molecule has 0 aliphatic rings. The summed E-state index contributed by atoms with van der Waals surface area (Å²) in [4.78, 5) is 9.06. The number of hydrogen-bond donors (Lipinski definition) is 2. The van der Waals surface area contributed by atoms with Gasteiger partial charge in [-0.3, -0.25) is 0 Å². The number of rotatable bonds is 8. The summed E-state index contributed by atoms with van der Waals surface area (Å²) in [5.41, 5.74) is 1.02. The lowest BCUT2D eigenvalue weighted by Crippen LogP contribution is -2.38. The Morgan fingerprint density at radius 1 is 1.13 bits per heavy atom. The standard InChI is InChI=1S/C23H30N4O3/c1-23(2,3)20-15-25-21(30-20)16-27-22(24-12-11-19-6-5-13-29-19)26-14-17-7-9-18(28-4)10-8-17/h5-10,13,15H,11-12,14,16H2,1-4H3,(H2,24,26,27). The minimum atomic E-state index is -0.0716. The summed E-state index contributed by atoms with van der Waals surface area (Å²) < 4.78 is 16.5. The molecule has 0 saturated heterocycles. The van der Waals surface area contributed by atoms with Crippen molar-refractivity contribution in [2.24, 2.45) is 4.99 Å². The summed E-state index contributed by atoms with van der Waals surface area (Å²) in [6.45, 7) is 7.99. The molecule has 0 aliphatic heterocycles. The third-order valence-electron chi connectivity index (χ3n) is 4.52. The third kappa shape index (κ3) is 6.40. The van der Waals surface area contributed by atoms with E-state index in [1.54, 1.807) is 19.6 Å². The molecule has 0 amide bonds. The molecule has 1 aromatic carbocycles. The molecule has 0 atom stereocenters. The summed E-state index contributed by atoms with van der Waals surface area (Å²) in [5, 5.41) is 6.64. The molecule has 7 nitrogen and oxygen atoms in total. The van der Waals surface area contributed by atoms with Crippen molar-refractivity contribution in [3.63, 3.8) is 0 Å². The van der Waals surface area contributed by atoms with Crippen LogP contribution in [0.4, 0.5) is 0 Å². The summed E-state index contributed by atoms with van der Waals surface area (Å²) in [7, 11) is 1.66. The molecular formula is C23H30N4O3. The van der Waals surface area contributed by atoms with Crippen molar-refractivity contribution in [3.05, 3.63) is 71.8 Å². The van der Waals surface area contributed by atoms with E-state index in [-0.39, 0.29) is 5.41 Å². The van der Waals surface area contributed by atoms with Crippen molar-refractivity contribution in [1.29, 1.82) is 0 Å². The fraction of sp³-hybridized carbons (Fsp3) is 0.391. The Kier molecular flexibility index (Phi) is 7.17. The average Bonchev–Trinajstić information content (AvgIpc) is 3.42. The molecule has 160 valence electrons. The molecule has 30 heavy (non-hydrogen) atoms. The monoisotopic (exact) mass is 410 g/mol.